The van der Waals surface area contributed by atoms with Crippen LogP contribution in [0, 0.1) is 15.9 Å². The molecule has 2 N–H and O–H groups in total. The van der Waals surface area contributed by atoms with Gasteiger partial charge in [-0.25, -0.2) is 4.39 Å². The third-order valence-electron chi connectivity index (χ3n) is 2.83. The van der Waals surface area contributed by atoms with E-state index in [1.54, 1.807) is 19.1 Å². The Hall–Kier alpha value is -1.99. The van der Waals surface area contributed by atoms with Gasteiger partial charge in [-0.05, 0) is 41.1 Å². The van der Waals surface area contributed by atoms with Gasteiger partial charge in [0, 0.05) is 17.7 Å². The molecule has 0 aliphatic heterocycles. The maximum atomic E-state index is 13.8. The van der Waals surface area contributed by atoms with Crippen molar-refractivity contribution in [3.63, 3.8) is 0 Å². The van der Waals surface area contributed by atoms with Crippen LogP contribution >= 0.6 is 15.9 Å². The molecular formula is C14H12BrFN2O3. The lowest BCUT2D eigenvalue weighted by molar-refractivity contribution is -0.385. The Labute approximate surface area is 128 Å². The first kappa shape index (κ1) is 15.4. The molecule has 0 spiro atoms. The van der Waals surface area contributed by atoms with Crippen molar-refractivity contribution < 1.29 is 14.1 Å². The van der Waals surface area contributed by atoms with Gasteiger partial charge in [-0.1, -0.05) is 12.1 Å². The van der Waals surface area contributed by atoms with Gasteiger partial charge in [-0.3, -0.25) is 10.1 Å². The van der Waals surface area contributed by atoms with Gasteiger partial charge in [0.25, 0.3) is 5.69 Å². The van der Waals surface area contributed by atoms with E-state index in [9.17, 15) is 14.5 Å². The molecule has 0 amide bonds. The average molecular weight is 355 g/mol. The number of nitrogens with zero attached hydrogens (tertiary/aromatic N) is 1. The third kappa shape index (κ3) is 3.20. The number of nitro benzene ring substituents is 1. The second kappa shape index (κ2) is 6.19. The standard InChI is InChI=1S/C14H12BrFN2O3/c1-8(17)13-9(16)4-2-6-11(13)21-12-7-3-5-10(14(12)15)18(19)20/h2-8H,17H2,1H3/t8-/m1/s1. The third-order valence-corrected chi connectivity index (χ3v) is 3.62. The van der Waals surface area contributed by atoms with Crippen LogP contribution in [0.5, 0.6) is 11.5 Å². The zero-order chi connectivity index (χ0) is 15.6. The highest BCUT2D eigenvalue weighted by molar-refractivity contribution is 9.10. The highest BCUT2D eigenvalue weighted by Crippen LogP contribution is 2.38. The van der Waals surface area contributed by atoms with E-state index in [-0.39, 0.29) is 27.2 Å². The maximum absolute atomic E-state index is 13.8. The first-order chi connectivity index (χ1) is 9.91. The minimum atomic E-state index is -0.571. The van der Waals surface area contributed by atoms with E-state index >= 15 is 0 Å². The van der Waals surface area contributed by atoms with E-state index in [4.69, 9.17) is 10.5 Å². The lowest BCUT2D eigenvalue weighted by atomic mass is 10.1. The van der Waals surface area contributed by atoms with Crippen LogP contribution in [0.15, 0.2) is 40.9 Å². The lowest BCUT2D eigenvalue weighted by Crippen LogP contribution is -2.09. The summed E-state index contributed by atoms with van der Waals surface area (Å²) in [5, 5.41) is 10.9. The van der Waals surface area contributed by atoms with E-state index in [0.717, 1.165) is 0 Å². The van der Waals surface area contributed by atoms with Crippen LogP contribution < -0.4 is 10.5 Å². The fraction of sp³-hybridized carbons (Fsp3) is 0.143. The van der Waals surface area contributed by atoms with Crippen molar-refractivity contribution in [2.45, 2.75) is 13.0 Å². The van der Waals surface area contributed by atoms with Crippen LogP contribution in [-0.2, 0) is 0 Å². The summed E-state index contributed by atoms with van der Waals surface area (Å²) in [6, 6.07) is 8.15. The second-order valence-electron chi connectivity index (χ2n) is 4.39. The molecule has 0 aliphatic carbocycles. The molecule has 2 rings (SSSR count). The molecule has 2 aromatic carbocycles. The van der Waals surface area contributed by atoms with E-state index in [1.165, 1.54) is 24.3 Å². The number of hydrogen-bond donors (Lipinski definition) is 1. The van der Waals surface area contributed by atoms with Crippen molar-refractivity contribution in [1.82, 2.24) is 0 Å². The molecule has 0 fully saturated rings. The predicted molar refractivity (Wildman–Crippen MR) is 79.9 cm³/mol. The van der Waals surface area contributed by atoms with Crippen molar-refractivity contribution in [2.24, 2.45) is 5.73 Å². The first-order valence-corrected chi connectivity index (χ1v) is 6.86. The molecule has 0 unspecified atom stereocenters. The lowest BCUT2D eigenvalue weighted by Gasteiger charge is -2.15. The zero-order valence-corrected chi connectivity index (χ0v) is 12.6. The van der Waals surface area contributed by atoms with Crippen LogP contribution in [0.2, 0.25) is 0 Å². The van der Waals surface area contributed by atoms with Crippen LogP contribution in [0.1, 0.15) is 18.5 Å². The van der Waals surface area contributed by atoms with Gasteiger partial charge in [-0.15, -0.1) is 0 Å². The van der Waals surface area contributed by atoms with Gasteiger partial charge in [0.15, 0.2) is 0 Å². The molecule has 0 bridgehead atoms. The Morgan fingerprint density at radius 1 is 1.29 bits per heavy atom. The Bertz CT molecular complexity index is 692. The van der Waals surface area contributed by atoms with Crippen LogP contribution in [0.3, 0.4) is 0 Å². The normalized spacial score (nSPS) is 12.0. The molecule has 0 radical (unpaired) electrons. The Kier molecular flexibility index (Phi) is 4.54. The smallest absolute Gasteiger partial charge is 0.287 e. The summed E-state index contributed by atoms with van der Waals surface area (Å²) < 4.78 is 19.6. The number of benzene rings is 2. The summed E-state index contributed by atoms with van der Waals surface area (Å²) in [5.41, 5.74) is 5.83. The van der Waals surface area contributed by atoms with Crippen LogP contribution in [-0.4, -0.2) is 4.92 Å². The summed E-state index contributed by atoms with van der Waals surface area (Å²) >= 11 is 3.13. The fourth-order valence-electron chi connectivity index (χ4n) is 1.89. The summed E-state index contributed by atoms with van der Waals surface area (Å²) in [6.45, 7) is 1.63. The van der Waals surface area contributed by atoms with Gasteiger partial charge in [-0.2, -0.15) is 0 Å². The summed E-state index contributed by atoms with van der Waals surface area (Å²) in [6.07, 6.45) is 0. The summed E-state index contributed by atoms with van der Waals surface area (Å²) in [4.78, 5) is 10.4. The molecule has 0 saturated heterocycles. The zero-order valence-electron chi connectivity index (χ0n) is 11.0. The Balaban J connectivity index is 2.47. The Morgan fingerprint density at radius 2 is 1.90 bits per heavy atom. The molecular weight excluding hydrogens is 343 g/mol. The molecule has 0 saturated carbocycles. The van der Waals surface area contributed by atoms with E-state index in [1.807, 2.05) is 0 Å². The van der Waals surface area contributed by atoms with Crippen LogP contribution in [0.25, 0.3) is 0 Å². The van der Waals surface area contributed by atoms with Crippen molar-refractivity contribution in [3.8, 4) is 11.5 Å². The second-order valence-corrected chi connectivity index (χ2v) is 5.18. The molecule has 0 heterocycles. The minimum absolute atomic E-state index is 0.133. The van der Waals surface area contributed by atoms with Crippen molar-refractivity contribution in [1.29, 1.82) is 0 Å². The molecule has 1 atom stereocenters. The largest absolute Gasteiger partial charge is 0.455 e. The van der Waals surface area contributed by atoms with Crippen molar-refractivity contribution >= 4 is 21.6 Å². The van der Waals surface area contributed by atoms with Gasteiger partial charge in [0.1, 0.15) is 21.8 Å². The fourth-order valence-corrected chi connectivity index (χ4v) is 2.38. The van der Waals surface area contributed by atoms with Crippen LogP contribution in [0.4, 0.5) is 10.1 Å². The van der Waals surface area contributed by atoms with E-state index in [2.05, 4.69) is 15.9 Å². The SMILES string of the molecule is C[C@@H](N)c1c(F)cccc1Oc1cccc([N+](=O)[O-])c1Br. The highest BCUT2D eigenvalue weighted by atomic mass is 79.9. The van der Waals surface area contributed by atoms with Gasteiger partial charge >= 0.3 is 0 Å². The van der Waals surface area contributed by atoms with Gasteiger partial charge in [0.2, 0.25) is 0 Å². The van der Waals surface area contributed by atoms with Crippen molar-refractivity contribution in [3.05, 3.63) is 62.4 Å². The molecule has 2 aromatic rings. The molecule has 110 valence electrons. The molecule has 5 nitrogen and oxygen atoms in total. The average Bonchev–Trinajstić information content (AvgIpc) is 2.40. The number of nitrogens with two attached hydrogens (primary N) is 1. The van der Waals surface area contributed by atoms with Gasteiger partial charge in [0.05, 0.1) is 4.92 Å². The van der Waals surface area contributed by atoms with E-state index in [0.29, 0.717) is 0 Å². The predicted octanol–water partition coefficient (Wildman–Crippen LogP) is 4.31. The number of halogens is 2. The number of nitro groups is 1. The number of rotatable bonds is 4. The minimum Gasteiger partial charge on any atom is -0.455 e. The topological polar surface area (TPSA) is 78.4 Å². The monoisotopic (exact) mass is 354 g/mol. The number of ether oxygens (including phenoxy) is 1. The highest BCUT2D eigenvalue weighted by Gasteiger charge is 2.19. The number of hydrogen-bond acceptors (Lipinski definition) is 4. The Morgan fingerprint density at radius 3 is 2.52 bits per heavy atom. The first-order valence-electron chi connectivity index (χ1n) is 6.06. The summed E-state index contributed by atoms with van der Waals surface area (Å²) in [5.74, 6) is -0.0352. The van der Waals surface area contributed by atoms with Crippen molar-refractivity contribution in [2.75, 3.05) is 0 Å². The van der Waals surface area contributed by atoms with E-state index < -0.39 is 16.8 Å². The molecule has 0 aromatic heterocycles. The van der Waals surface area contributed by atoms with Gasteiger partial charge < -0.3 is 10.5 Å². The molecule has 7 heteroatoms. The summed E-state index contributed by atoms with van der Waals surface area (Å²) in [7, 11) is 0. The molecule has 21 heavy (non-hydrogen) atoms. The maximum Gasteiger partial charge on any atom is 0.287 e. The molecule has 0 aliphatic rings. The quantitative estimate of drug-likeness (QED) is 0.655.